The molecule has 5 heteroatoms. The Morgan fingerprint density at radius 1 is 1.32 bits per heavy atom. The van der Waals surface area contributed by atoms with Gasteiger partial charge in [-0.2, -0.15) is 0 Å². The minimum Gasteiger partial charge on any atom is -0.354 e. The van der Waals surface area contributed by atoms with Crippen molar-refractivity contribution < 1.29 is 4.79 Å². The summed E-state index contributed by atoms with van der Waals surface area (Å²) in [6, 6.07) is 7.97. The number of nitrogens with two attached hydrogens (primary N) is 1. The quantitative estimate of drug-likeness (QED) is 0.823. The lowest BCUT2D eigenvalue weighted by atomic mass is 9.64. The Labute approximate surface area is 148 Å². The summed E-state index contributed by atoms with van der Waals surface area (Å²) in [5.41, 5.74) is 7.21. The van der Waals surface area contributed by atoms with E-state index in [-0.39, 0.29) is 29.1 Å². The number of hydrogen-bond acceptors (Lipinski definition) is 2. The second-order valence-corrected chi connectivity index (χ2v) is 8.12. The van der Waals surface area contributed by atoms with Crippen molar-refractivity contribution in [1.82, 2.24) is 5.32 Å². The molecule has 0 aromatic heterocycles. The summed E-state index contributed by atoms with van der Waals surface area (Å²) in [4.78, 5) is 12.2. The van der Waals surface area contributed by atoms with Crippen LogP contribution in [0.4, 0.5) is 0 Å². The first-order chi connectivity index (χ1) is 9.74. The minimum atomic E-state index is -0.473. The molecular formula is C17H26BrClN2O. The van der Waals surface area contributed by atoms with Crippen LogP contribution in [0.2, 0.25) is 0 Å². The highest BCUT2D eigenvalue weighted by Crippen LogP contribution is 2.43. The molecule has 0 heterocycles. The average molecular weight is 390 g/mol. The van der Waals surface area contributed by atoms with Crippen LogP contribution in [0.5, 0.6) is 0 Å². The van der Waals surface area contributed by atoms with Crippen LogP contribution in [0.1, 0.15) is 45.6 Å². The number of halogens is 2. The van der Waals surface area contributed by atoms with Crippen LogP contribution in [-0.4, -0.2) is 18.5 Å². The molecule has 1 aromatic rings. The summed E-state index contributed by atoms with van der Waals surface area (Å²) < 4.78 is 1.08. The van der Waals surface area contributed by atoms with Crippen LogP contribution < -0.4 is 11.1 Å². The molecule has 1 amide bonds. The third-order valence-corrected chi connectivity index (χ3v) is 5.11. The summed E-state index contributed by atoms with van der Waals surface area (Å²) in [6.45, 7) is 6.65. The number of amides is 1. The van der Waals surface area contributed by atoms with Gasteiger partial charge in [0.05, 0.1) is 6.04 Å². The molecular weight excluding hydrogens is 364 g/mol. The molecule has 0 radical (unpaired) electrons. The van der Waals surface area contributed by atoms with Crippen molar-refractivity contribution in [3.8, 4) is 0 Å². The van der Waals surface area contributed by atoms with E-state index in [1.54, 1.807) is 0 Å². The molecule has 1 atom stereocenters. The van der Waals surface area contributed by atoms with Crippen LogP contribution in [0.15, 0.2) is 28.7 Å². The molecule has 0 saturated heterocycles. The number of hydrogen-bond donors (Lipinski definition) is 2. The molecule has 3 N–H and O–H groups in total. The summed E-state index contributed by atoms with van der Waals surface area (Å²) >= 11 is 3.47. The summed E-state index contributed by atoms with van der Waals surface area (Å²) in [5, 5.41) is 3.07. The van der Waals surface area contributed by atoms with Gasteiger partial charge in [0.25, 0.3) is 0 Å². The predicted octanol–water partition coefficient (Wildman–Crippen LogP) is 3.78. The summed E-state index contributed by atoms with van der Waals surface area (Å²) in [6.07, 6.45) is 3.47. The van der Waals surface area contributed by atoms with Gasteiger partial charge < -0.3 is 11.1 Å². The Hall–Kier alpha value is -0.580. The fourth-order valence-electron chi connectivity index (χ4n) is 2.73. The van der Waals surface area contributed by atoms with E-state index in [1.165, 1.54) is 12.0 Å². The second kappa shape index (κ2) is 7.33. The Balaban J connectivity index is 0.00000242. The molecule has 0 unspecified atom stereocenters. The molecule has 1 fully saturated rings. The second-order valence-electron chi connectivity index (χ2n) is 7.20. The van der Waals surface area contributed by atoms with Crippen molar-refractivity contribution >= 4 is 34.2 Å². The van der Waals surface area contributed by atoms with Gasteiger partial charge in [-0.25, -0.2) is 0 Å². The normalized spacial score (nSPS) is 17.9. The number of benzene rings is 1. The maximum Gasteiger partial charge on any atom is 0.237 e. The van der Waals surface area contributed by atoms with E-state index in [9.17, 15) is 4.79 Å². The maximum atomic E-state index is 12.2. The van der Waals surface area contributed by atoms with Crippen LogP contribution in [0.25, 0.3) is 0 Å². The molecule has 2 rings (SSSR count). The molecule has 3 nitrogen and oxygen atoms in total. The van der Waals surface area contributed by atoms with Crippen molar-refractivity contribution in [2.75, 3.05) is 6.54 Å². The highest BCUT2D eigenvalue weighted by Gasteiger charge is 2.39. The number of nitrogens with one attached hydrogen (secondary N) is 1. The highest BCUT2D eigenvalue weighted by atomic mass is 79.9. The van der Waals surface area contributed by atoms with E-state index in [0.29, 0.717) is 6.54 Å². The van der Waals surface area contributed by atoms with Gasteiger partial charge in [-0.3, -0.25) is 4.79 Å². The highest BCUT2D eigenvalue weighted by molar-refractivity contribution is 9.10. The van der Waals surface area contributed by atoms with Crippen molar-refractivity contribution in [3.63, 3.8) is 0 Å². The fourth-order valence-corrected chi connectivity index (χ4v) is 3.00. The fraction of sp³-hybridized carbons (Fsp3) is 0.588. The van der Waals surface area contributed by atoms with Crippen molar-refractivity contribution in [2.45, 2.75) is 51.5 Å². The third-order valence-electron chi connectivity index (χ3n) is 4.58. The van der Waals surface area contributed by atoms with E-state index < -0.39 is 6.04 Å². The zero-order valence-corrected chi connectivity index (χ0v) is 15.9. The standard InChI is InChI=1S/C17H25BrN2O.ClH/c1-16(2,3)14(19)15(21)20-11-17(9-4-10-17)12-5-7-13(18)8-6-12;/h5-8,14H,4,9-11,19H2,1-3H3,(H,20,21);1H/t14-;/m1./s1. The molecule has 1 aliphatic rings. The molecule has 1 aliphatic carbocycles. The Bertz CT molecular complexity index is 506. The van der Waals surface area contributed by atoms with Gasteiger partial charge in [-0.15, -0.1) is 12.4 Å². The Kier molecular flexibility index (Phi) is 6.48. The van der Waals surface area contributed by atoms with Crippen LogP contribution in [0, 0.1) is 5.41 Å². The Morgan fingerprint density at radius 3 is 2.27 bits per heavy atom. The predicted molar refractivity (Wildman–Crippen MR) is 97.4 cm³/mol. The topological polar surface area (TPSA) is 55.1 Å². The molecule has 1 saturated carbocycles. The van der Waals surface area contributed by atoms with Crippen molar-refractivity contribution in [1.29, 1.82) is 0 Å². The van der Waals surface area contributed by atoms with Gasteiger partial charge in [-0.05, 0) is 36.0 Å². The molecule has 124 valence electrons. The SMILES string of the molecule is CC(C)(C)[C@H](N)C(=O)NCC1(c2ccc(Br)cc2)CCC1.Cl. The van der Waals surface area contributed by atoms with Crippen LogP contribution in [0.3, 0.4) is 0 Å². The van der Waals surface area contributed by atoms with E-state index in [2.05, 4.69) is 45.5 Å². The number of rotatable bonds is 4. The van der Waals surface area contributed by atoms with Crippen LogP contribution >= 0.6 is 28.3 Å². The zero-order valence-electron chi connectivity index (χ0n) is 13.5. The first kappa shape index (κ1) is 19.5. The largest absolute Gasteiger partial charge is 0.354 e. The van der Waals surface area contributed by atoms with Crippen molar-refractivity contribution in [3.05, 3.63) is 34.3 Å². The molecule has 1 aromatic carbocycles. The zero-order chi connectivity index (χ0) is 15.7. The van der Waals surface area contributed by atoms with Gasteiger partial charge in [0.2, 0.25) is 5.91 Å². The summed E-state index contributed by atoms with van der Waals surface area (Å²) in [5.74, 6) is -0.0501. The number of carbonyl (C=O) groups excluding carboxylic acids is 1. The molecule has 22 heavy (non-hydrogen) atoms. The first-order valence-electron chi connectivity index (χ1n) is 7.54. The van der Waals surface area contributed by atoms with Gasteiger partial charge in [0, 0.05) is 16.4 Å². The van der Waals surface area contributed by atoms with Gasteiger partial charge >= 0.3 is 0 Å². The van der Waals surface area contributed by atoms with Crippen molar-refractivity contribution in [2.24, 2.45) is 11.1 Å². The lowest BCUT2D eigenvalue weighted by molar-refractivity contribution is -0.125. The molecule has 0 spiro atoms. The van der Waals surface area contributed by atoms with E-state index in [1.807, 2.05) is 20.8 Å². The minimum absolute atomic E-state index is 0. The monoisotopic (exact) mass is 388 g/mol. The van der Waals surface area contributed by atoms with E-state index in [4.69, 9.17) is 5.73 Å². The van der Waals surface area contributed by atoms with Gasteiger partial charge in [-0.1, -0.05) is 55.3 Å². The van der Waals surface area contributed by atoms with E-state index >= 15 is 0 Å². The average Bonchev–Trinajstić information content (AvgIpc) is 2.37. The first-order valence-corrected chi connectivity index (χ1v) is 8.33. The Morgan fingerprint density at radius 2 is 1.86 bits per heavy atom. The molecule has 0 aliphatic heterocycles. The lowest BCUT2D eigenvalue weighted by Gasteiger charge is -2.43. The summed E-state index contributed by atoms with van der Waals surface area (Å²) in [7, 11) is 0. The molecule has 0 bridgehead atoms. The third kappa shape index (κ3) is 4.24. The van der Waals surface area contributed by atoms with Gasteiger partial charge in [0.1, 0.15) is 0 Å². The number of carbonyl (C=O) groups is 1. The van der Waals surface area contributed by atoms with Gasteiger partial charge in [0.15, 0.2) is 0 Å². The lowest BCUT2D eigenvalue weighted by Crippen LogP contribution is -2.53. The van der Waals surface area contributed by atoms with E-state index in [0.717, 1.165) is 17.3 Å². The van der Waals surface area contributed by atoms with Crippen LogP contribution in [-0.2, 0) is 10.2 Å². The maximum absolute atomic E-state index is 12.2. The smallest absolute Gasteiger partial charge is 0.237 e.